The topological polar surface area (TPSA) is 66.9 Å². The normalized spacial score (nSPS) is 10.4. The highest BCUT2D eigenvalue weighted by Gasteiger charge is 2.10. The number of rotatable bonds is 6. The van der Waals surface area contributed by atoms with Crippen LogP contribution in [0, 0.1) is 0 Å². The van der Waals surface area contributed by atoms with Crippen LogP contribution in [0.5, 0.6) is 0 Å². The largest absolute Gasteiger partial charge is 0.354 e. The van der Waals surface area contributed by atoms with Gasteiger partial charge in [-0.15, -0.1) is 0 Å². The third-order valence-electron chi connectivity index (χ3n) is 3.63. The summed E-state index contributed by atoms with van der Waals surface area (Å²) in [6, 6.07) is 15.0. The maximum Gasteiger partial charge on any atom is 0.258 e. The summed E-state index contributed by atoms with van der Waals surface area (Å²) in [7, 11) is 0. The first-order valence-corrected chi connectivity index (χ1v) is 8.73. The molecule has 132 valence electrons. The van der Waals surface area contributed by atoms with E-state index < -0.39 is 0 Å². The minimum atomic E-state index is -0.356. The van der Waals surface area contributed by atoms with E-state index in [9.17, 15) is 4.79 Å². The quantitative estimate of drug-likeness (QED) is 0.644. The molecule has 0 atom stereocenters. The Kier molecular flexibility index (Phi) is 6.04. The Balaban J connectivity index is 1.56. The van der Waals surface area contributed by atoms with Gasteiger partial charge < -0.3 is 10.6 Å². The van der Waals surface area contributed by atoms with Crippen LogP contribution in [0.15, 0.2) is 60.9 Å². The van der Waals surface area contributed by atoms with Crippen molar-refractivity contribution in [2.45, 2.75) is 6.42 Å². The molecule has 1 aromatic heterocycles. The number of nitrogens with one attached hydrogen (secondary N) is 2. The zero-order chi connectivity index (χ0) is 18.4. The molecule has 0 saturated heterocycles. The van der Waals surface area contributed by atoms with Gasteiger partial charge in [0.2, 0.25) is 5.95 Å². The minimum Gasteiger partial charge on any atom is -0.354 e. The van der Waals surface area contributed by atoms with Gasteiger partial charge in [-0.2, -0.15) is 0 Å². The van der Waals surface area contributed by atoms with E-state index in [1.165, 1.54) is 18.0 Å². The Labute approximate surface area is 161 Å². The van der Waals surface area contributed by atoms with Crippen molar-refractivity contribution in [3.63, 3.8) is 0 Å². The molecule has 0 aliphatic heterocycles. The maximum absolute atomic E-state index is 12.3. The van der Waals surface area contributed by atoms with Crippen LogP contribution in [-0.4, -0.2) is 22.4 Å². The molecule has 3 rings (SSSR count). The van der Waals surface area contributed by atoms with E-state index in [-0.39, 0.29) is 5.91 Å². The maximum atomic E-state index is 12.3. The monoisotopic (exact) mass is 386 g/mol. The number of halogens is 2. The number of carbonyl (C=O) groups is 1. The third-order valence-corrected chi connectivity index (χ3v) is 4.19. The van der Waals surface area contributed by atoms with Gasteiger partial charge in [0, 0.05) is 24.0 Å². The number of carbonyl (C=O) groups excluding carboxylic acids is 1. The zero-order valence-corrected chi connectivity index (χ0v) is 15.3. The van der Waals surface area contributed by atoms with Crippen LogP contribution >= 0.6 is 23.2 Å². The number of hydrogen-bond acceptors (Lipinski definition) is 4. The number of aromatic nitrogens is 2. The van der Waals surface area contributed by atoms with Crippen molar-refractivity contribution in [2.75, 3.05) is 17.2 Å². The van der Waals surface area contributed by atoms with Gasteiger partial charge in [0.1, 0.15) is 0 Å². The molecule has 1 amide bonds. The van der Waals surface area contributed by atoms with Crippen molar-refractivity contribution < 1.29 is 4.79 Å². The van der Waals surface area contributed by atoms with Crippen molar-refractivity contribution >= 4 is 40.7 Å². The molecule has 0 aliphatic carbocycles. The van der Waals surface area contributed by atoms with Gasteiger partial charge in [-0.25, -0.2) is 9.97 Å². The number of benzene rings is 2. The lowest BCUT2D eigenvalue weighted by Crippen LogP contribution is -2.14. The molecule has 7 heteroatoms. The van der Waals surface area contributed by atoms with Gasteiger partial charge in [-0.05, 0) is 30.2 Å². The lowest BCUT2D eigenvalue weighted by atomic mass is 10.1. The van der Waals surface area contributed by atoms with Gasteiger partial charge >= 0.3 is 0 Å². The second-order valence-electron chi connectivity index (χ2n) is 5.54. The molecule has 0 aliphatic rings. The van der Waals surface area contributed by atoms with E-state index in [0.29, 0.717) is 33.8 Å². The lowest BCUT2D eigenvalue weighted by molar-refractivity contribution is 0.102. The summed E-state index contributed by atoms with van der Waals surface area (Å²) >= 11 is 12.0. The number of anilines is 2. The summed E-state index contributed by atoms with van der Waals surface area (Å²) in [5.74, 6) is 0.114. The molecule has 0 spiro atoms. The predicted molar refractivity (Wildman–Crippen MR) is 105 cm³/mol. The smallest absolute Gasteiger partial charge is 0.258 e. The average Bonchev–Trinajstić information content (AvgIpc) is 2.66. The van der Waals surface area contributed by atoms with Gasteiger partial charge in [0.05, 0.1) is 16.3 Å². The summed E-state index contributed by atoms with van der Waals surface area (Å²) in [6.07, 6.45) is 3.79. The second kappa shape index (κ2) is 8.65. The Morgan fingerprint density at radius 1 is 1.00 bits per heavy atom. The van der Waals surface area contributed by atoms with E-state index >= 15 is 0 Å². The molecule has 2 aromatic carbocycles. The molecule has 5 nitrogen and oxygen atoms in total. The molecule has 2 N–H and O–H groups in total. The SMILES string of the molecule is O=C(Nc1cc(Cl)ccc1Cl)c1cnc(NCCc2ccccc2)nc1. The molecule has 0 bridgehead atoms. The van der Waals surface area contributed by atoms with Crippen LogP contribution in [0.3, 0.4) is 0 Å². The number of amides is 1. The van der Waals surface area contributed by atoms with Gasteiger partial charge in [0.25, 0.3) is 5.91 Å². The molecule has 0 unspecified atom stereocenters. The van der Waals surface area contributed by atoms with Crippen molar-refractivity contribution in [2.24, 2.45) is 0 Å². The van der Waals surface area contributed by atoms with Crippen molar-refractivity contribution in [3.8, 4) is 0 Å². The summed E-state index contributed by atoms with van der Waals surface area (Å²) in [4.78, 5) is 20.6. The summed E-state index contributed by atoms with van der Waals surface area (Å²) in [5.41, 5.74) is 2.00. The number of hydrogen-bond donors (Lipinski definition) is 2. The van der Waals surface area contributed by atoms with E-state index in [0.717, 1.165) is 6.42 Å². The fourth-order valence-corrected chi connectivity index (χ4v) is 2.62. The van der Waals surface area contributed by atoms with Gasteiger partial charge in [-0.3, -0.25) is 4.79 Å². The zero-order valence-electron chi connectivity index (χ0n) is 13.7. The summed E-state index contributed by atoms with van der Waals surface area (Å²) < 4.78 is 0. The summed E-state index contributed by atoms with van der Waals surface area (Å²) in [6.45, 7) is 0.702. The molecular formula is C19H16Cl2N4O. The van der Waals surface area contributed by atoms with E-state index in [1.807, 2.05) is 18.2 Å². The molecule has 3 aromatic rings. The Morgan fingerprint density at radius 3 is 2.46 bits per heavy atom. The highest BCUT2D eigenvalue weighted by Crippen LogP contribution is 2.25. The van der Waals surface area contributed by atoms with E-state index in [1.54, 1.807) is 18.2 Å². The molecular weight excluding hydrogens is 371 g/mol. The first kappa shape index (κ1) is 18.2. The summed E-state index contributed by atoms with van der Waals surface area (Å²) in [5, 5.41) is 6.72. The van der Waals surface area contributed by atoms with Gasteiger partial charge in [-0.1, -0.05) is 53.5 Å². The van der Waals surface area contributed by atoms with Crippen LogP contribution in [0.25, 0.3) is 0 Å². The average molecular weight is 387 g/mol. The Morgan fingerprint density at radius 2 is 1.73 bits per heavy atom. The molecule has 1 heterocycles. The first-order valence-electron chi connectivity index (χ1n) is 7.98. The molecule has 0 fully saturated rings. The highest BCUT2D eigenvalue weighted by molar-refractivity contribution is 6.35. The predicted octanol–water partition coefficient (Wildman–Crippen LogP) is 4.69. The molecule has 0 radical (unpaired) electrons. The standard InChI is InChI=1S/C19H16Cl2N4O/c20-15-6-7-16(21)17(10-15)25-18(26)14-11-23-19(24-12-14)22-9-8-13-4-2-1-3-5-13/h1-7,10-12H,8-9H2,(H,25,26)(H,22,23,24). The number of nitrogens with zero attached hydrogens (tertiary/aromatic N) is 2. The van der Waals surface area contributed by atoms with Crippen molar-refractivity contribution in [1.29, 1.82) is 0 Å². The van der Waals surface area contributed by atoms with E-state index in [4.69, 9.17) is 23.2 Å². The molecule has 26 heavy (non-hydrogen) atoms. The molecule has 0 saturated carbocycles. The minimum absolute atomic E-state index is 0.328. The van der Waals surface area contributed by atoms with Crippen LogP contribution < -0.4 is 10.6 Å². The Hall–Kier alpha value is -2.63. The second-order valence-corrected chi connectivity index (χ2v) is 6.38. The van der Waals surface area contributed by atoms with E-state index in [2.05, 4.69) is 32.7 Å². The fourth-order valence-electron chi connectivity index (χ4n) is 2.29. The van der Waals surface area contributed by atoms with Crippen molar-refractivity contribution in [3.05, 3.63) is 82.1 Å². The van der Waals surface area contributed by atoms with Crippen LogP contribution in [0.1, 0.15) is 15.9 Å². The van der Waals surface area contributed by atoms with Crippen LogP contribution in [0.4, 0.5) is 11.6 Å². The lowest BCUT2D eigenvalue weighted by Gasteiger charge is -2.08. The van der Waals surface area contributed by atoms with Crippen LogP contribution in [0.2, 0.25) is 10.0 Å². The Bertz CT molecular complexity index is 886. The van der Waals surface area contributed by atoms with Crippen LogP contribution in [-0.2, 0) is 6.42 Å². The van der Waals surface area contributed by atoms with Gasteiger partial charge in [0.15, 0.2) is 0 Å². The third kappa shape index (κ3) is 4.94. The highest BCUT2D eigenvalue weighted by atomic mass is 35.5. The first-order chi connectivity index (χ1) is 12.6. The fraction of sp³-hybridized carbons (Fsp3) is 0.105. The van der Waals surface area contributed by atoms with Crippen molar-refractivity contribution in [1.82, 2.24) is 9.97 Å².